The predicted molar refractivity (Wildman–Crippen MR) is 108 cm³/mol. The monoisotopic (exact) mass is 519 g/mol. The fourth-order valence-corrected chi connectivity index (χ4v) is 5.72. The number of sulfonamides is 1. The number of ether oxygens (including phenoxy) is 1. The van der Waals surface area contributed by atoms with E-state index in [0.717, 1.165) is 22.5 Å². The Morgan fingerprint density at radius 2 is 1.87 bits per heavy atom. The normalized spacial score (nSPS) is 23.5. The van der Waals surface area contributed by atoms with Crippen LogP contribution in [0, 0.1) is 11.8 Å². The van der Waals surface area contributed by atoms with Crippen molar-refractivity contribution in [1.29, 1.82) is 0 Å². The van der Waals surface area contributed by atoms with Crippen LogP contribution in [0.25, 0.3) is 0 Å². The average Bonchev–Trinajstić information content (AvgIpc) is 2.65. The Morgan fingerprint density at radius 3 is 2.52 bits per heavy atom. The van der Waals surface area contributed by atoms with E-state index in [1.807, 2.05) is 0 Å². The number of anilines is 1. The van der Waals surface area contributed by atoms with Crippen molar-refractivity contribution < 1.29 is 36.2 Å². The zero-order chi connectivity index (χ0) is 22.6. The third-order valence-electron chi connectivity index (χ3n) is 5.61. The maximum atomic E-state index is 13.4. The van der Waals surface area contributed by atoms with Gasteiger partial charge in [0.1, 0.15) is 11.9 Å². The lowest BCUT2D eigenvalue weighted by atomic mass is 9.72. The van der Waals surface area contributed by atoms with E-state index in [9.17, 15) is 26.4 Å². The Bertz CT molecular complexity index is 1130. The maximum Gasteiger partial charge on any atom is 0.416 e. The molecule has 1 fully saturated rings. The second-order valence-electron chi connectivity index (χ2n) is 7.60. The number of fused-ring (bicyclic) bond motifs is 1. The number of nitrogens with zero attached hydrogens (tertiary/aromatic N) is 1. The summed E-state index contributed by atoms with van der Waals surface area (Å²) in [6, 6.07) is 8.37. The molecule has 2 aromatic carbocycles. The van der Waals surface area contributed by atoms with Gasteiger partial charge in [-0.1, -0.05) is 22.0 Å². The van der Waals surface area contributed by atoms with E-state index in [4.69, 9.17) is 9.84 Å². The van der Waals surface area contributed by atoms with Crippen LogP contribution < -0.4 is 9.04 Å². The number of hydrogen-bond donors (Lipinski definition) is 1. The minimum Gasteiger partial charge on any atom is -0.486 e. The van der Waals surface area contributed by atoms with Gasteiger partial charge < -0.3 is 9.84 Å². The summed E-state index contributed by atoms with van der Waals surface area (Å²) >= 11 is 3.28. The highest BCUT2D eigenvalue weighted by atomic mass is 79.9. The molecule has 1 saturated carbocycles. The first-order valence-corrected chi connectivity index (χ1v) is 11.6. The molecule has 1 aliphatic carbocycles. The van der Waals surface area contributed by atoms with E-state index < -0.39 is 44.6 Å². The summed E-state index contributed by atoms with van der Waals surface area (Å²) in [5, 5.41) is 9.12. The van der Waals surface area contributed by atoms with Gasteiger partial charge in [-0.05, 0) is 55.2 Å². The zero-order valence-corrected chi connectivity index (χ0v) is 18.2. The first-order chi connectivity index (χ1) is 14.5. The topological polar surface area (TPSA) is 83.9 Å². The van der Waals surface area contributed by atoms with E-state index in [-0.39, 0.29) is 23.9 Å². The molecule has 166 valence electrons. The van der Waals surface area contributed by atoms with Crippen LogP contribution in [-0.2, 0) is 21.0 Å². The molecule has 1 N–H and O–H groups in total. The Morgan fingerprint density at radius 1 is 1.16 bits per heavy atom. The molecule has 2 aromatic rings. The molecule has 1 atom stereocenters. The van der Waals surface area contributed by atoms with Gasteiger partial charge in [-0.2, -0.15) is 13.2 Å². The van der Waals surface area contributed by atoms with Crippen molar-refractivity contribution >= 4 is 37.6 Å². The number of halogens is 4. The van der Waals surface area contributed by atoms with Crippen LogP contribution in [0.1, 0.15) is 18.4 Å². The lowest BCUT2D eigenvalue weighted by Gasteiger charge is -2.43. The molecule has 31 heavy (non-hydrogen) atoms. The van der Waals surface area contributed by atoms with Crippen LogP contribution in [0.3, 0.4) is 0 Å². The zero-order valence-electron chi connectivity index (χ0n) is 15.8. The molecule has 1 heterocycles. The van der Waals surface area contributed by atoms with Crippen LogP contribution in [0.15, 0.2) is 51.8 Å². The summed E-state index contributed by atoms with van der Waals surface area (Å²) in [7, 11) is -4.34. The number of carboxylic acid groups (broad SMARTS) is 1. The Labute approximate surface area is 184 Å². The molecule has 1 aliphatic heterocycles. The summed E-state index contributed by atoms with van der Waals surface area (Å²) in [6.45, 7) is -0.126. The van der Waals surface area contributed by atoms with Crippen molar-refractivity contribution in [3.05, 3.63) is 52.5 Å². The van der Waals surface area contributed by atoms with E-state index in [2.05, 4.69) is 15.9 Å². The van der Waals surface area contributed by atoms with Gasteiger partial charge in [0.15, 0.2) is 0 Å². The van der Waals surface area contributed by atoms with Crippen molar-refractivity contribution in [2.75, 3.05) is 10.8 Å². The average molecular weight is 520 g/mol. The lowest BCUT2D eigenvalue weighted by molar-refractivity contribution is -0.147. The third-order valence-corrected chi connectivity index (χ3v) is 7.88. The van der Waals surface area contributed by atoms with Gasteiger partial charge in [0.05, 0.1) is 28.6 Å². The SMILES string of the molecule is O=C(O)C1CC([C@H]2CN(S(=O)(=O)c3cccc(C(F)(F)F)c3)c3cc(Br)ccc3O2)C1. The summed E-state index contributed by atoms with van der Waals surface area (Å²) < 4.78 is 73.7. The minimum absolute atomic E-state index is 0.126. The molecule has 6 nitrogen and oxygen atoms in total. The van der Waals surface area contributed by atoms with Crippen LogP contribution >= 0.6 is 15.9 Å². The summed E-state index contributed by atoms with van der Waals surface area (Å²) in [4.78, 5) is 10.6. The number of carbonyl (C=O) groups is 1. The van der Waals surface area contributed by atoms with Gasteiger partial charge in [0.2, 0.25) is 0 Å². The lowest BCUT2D eigenvalue weighted by Crippen LogP contribution is -2.50. The third kappa shape index (κ3) is 4.12. The van der Waals surface area contributed by atoms with Gasteiger partial charge in [0, 0.05) is 4.47 Å². The van der Waals surface area contributed by atoms with E-state index in [0.29, 0.717) is 23.4 Å². The molecule has 4 rings (SSSR count). The Kier molecular flexibility index (Phi) is 5.45. The van der Waals surface area contributed by atoms with Crippen molar-refractivity contribution in [1.82, 2.24) is 0 Å². The quantitative estimate of drug-likeness (QED) is 0.641. The number of benzene rings is 2. The molecule has 11 heteroatoms. The van der Waals surface area contributed by atoms with Gasteiger partial charge in [-0.3, -0.25) is 9.10 Å². The molecular weight excluding hydrogens is 503 g/mol. The molecule has 0 amide bonds. The van der Waals surface area contributed by atoms with Crippen LogP contribution in [0.4, 0.5) is 18.9 Å². The molecular formula is C20H17BrF3NO5S. The number of alkyl halides is 3. The highest BCUT2D eigenvalue weighted by Gasteiger charge is 2.45. The van der Waals surface area contributed by atoms with Gasteiger partial charge in [-0.15, -0.1) is 0 Å². The number of rotatable bonds is 4. The standard InChI is InChI=1S/C20H17BrF3NO5S/c21-14-4-5-17-16(9-14)25(10-18(30-17)11-6-12(7-11)19(26)27)31(28,29)15-3-1-2-13(8-15)20(22,23)24/h1-5,8-9,11-12,18H,6-7,10H2,(H,26,27)/t11?,12?,18-/m1/s1. The summed E-state index contributed by atoms with van der Waals surface area (Å²) in [6.07, 6.45) is -4.59. The number of carboxylic acids is 1. The molecule has 0 spiro atoms. The molecule has 2 aliphatic rings. The molecule has 0 saturated heterocycles. The molecule has 0 bridgehead atoms. The largest absolute Gasteiger partial charge is 0.486 e. The van der Waals surface area contributed by atoms with Crippen LogP contribution in [-0.4, -0.2) is 32.1 Å². The van der Waals surface area contributed by atoms with Crippen molar-refractivity contribution in [3.8, 4) is 5.75 Å². The van der Waals surface area contributed by atoms with E-state index in [1.165, 1.54) is 6.07 Å². The highest BCUT2D eigenvalue weighted by molar-refractivity contribution is 9.10. The molecule has 0 radical (unpaired) electrons. The van der Waals surface area contributed by atoms with Crippen molar-refractivity contribution in [3.63, 3.8) is 0 Å². The Balaban J connectivity index is 1.72. The smallest absolute Gasteiger partial charge is 0.416 e. The van der Waals surface area contributed by atoms with Gasteiger partial charge in [0.25, 0.3) is 10.0 Å². The maximum absolute atomic E-state index is 13.4. The molecule has 0 unspecified atom stereocenters. The Hall–Kier alpha value is -2.27. The second kappa shape index (κ2) is 7.70. The van der Waals surface area contributed by atoms with Gasteiger partial charge in [-0.25, -0.2) is 8.42 Å². The van der Waals surface area contributed by atoms with Gasteiger partial charge >= 0.3 is 12.1 Å². The summed E-state index contributed by atoms with van der Waals surface area (Å²) in [5.74, 6) is -1.32. The van der Waals surface area contributed by atoms with Crippen LogP contribution in [0.2, 0.25) is 0 Å². The predicted octanol–water partition coefficient (Wildman–Crippen LogP) is 4.54. The first-order valence-electron chi connectivity index (χ1n) is 9.36. The van der Waals surface area contributed by atoms with E-state index in [1.54, 1.807) is 12.1 Å². The highest BCUT2D eigenvalue weighted by Crippen LogP contribution is 2.45. The minimum atomic E-state index is -4.68. The van der Waals surface area contributed by atoms with Crippen molar-refractivity contribution in [2.24, 2.45) is 11.8 Å². The fourth-order valence-electron chi connectivity index (χ4n) is 3.85. The summed E-state index contributed by atoms with van der Waals surface area (Å²) in [5.41, 5.74) is -0.853. The van der Waals surface area contributed by atoms with E-state index >= 15 is 0 Å². The fraction of sp³-hybridized carbons (Fsp3) is 0.350. The van der Waals surface area contributed by atoms with Crippen LogP contribution in [0.5, 0.6) is 5.75 Å². The first kappa shape index (κ1) is 21.9. The second-order valence-corrected chi connectivity index (χ2v) is 10.4. The number of hydrogen-bond acceptors (Lipinski definition) is 4. The van der Waals surface area contributed by atoms with Crippen molar-refractivity contribution in [2.45, 2.75) is 30.0 Å². The molecule has 0 aromatic heterocycles. The number of aliphatic carboxylic acids is 1.